The molecule has 4 heterocycles. The lowest BCUT2D eigenvalue weighted by Crippen LogP contribution is -2.39. The fourth-order valence-corrected chi connectivity index (χ4v) is 5.09. The van der Waals surface area contributed by atoms with Crippen LogP contribution in [0.2, 0.25) is 0 Å². The molecule has 1 aromatic carbocycles. The number of nitrogen functional groups attached to an aromatic ring is 1. The fourth-order valence-electron chi connectivity index (χ4n) is 5.09. The van der Waals surface area contributed by atoms with Crippen molar-refractivity contribution in [2.45, 2.75) is 52.2 Å². The lowest BCUT2D eigenvalue weighted by atomic mass is 9.89. The van der Waals surface area contributed by atoms with Crippen molar-refractivity contribution in [1.29, 1.82) is 0 Å². The van der Waals surface area contributed by atoms with Gasteiger partial charge in [0.25, 0.3) is 0 Å². The molecule has 1 saturated heterocycles. The number of nitrogens with two attached hydrogens (primary N) is 1. The van der Waals surface area contributed by atoms with Crippen LogP contribution in [-0.4, -0.2) is 60.8 Å². The van der Waals surface area contributed by atoms with E-state index in [-0.39, 0.29) is 17.9 Å². The molecule has 186 valence electrons. The van der Waals surface area contributed by atoms with Gasteiger partial charge in [0.15, 0.2) is 11.5 Å². The van der Waals surface area contributed by atoms with E-state index in [1.807, 2.05) is 24.7 Å². The Hall–Kier alpha value is -3.47. The summed E-state index contributed by atoms with van der Waals surface area (Å²) >= 11 is 0. The Morgan fingerprint density at radius 1 is 1.23 bits per heavy atom. The Morgan fingerprint density at radius 3 is 2.71 bits per heavy atom. The molecule has 11 heteroatoms. The monoisotopic (exact) mass is 482 g/mol. The molecule has 1 unspecified atom stereocenters. The molecule has 1 aliphatic heterocycles. The molecule has 0 saturated carbocycles. The van der Waals surface area contributed by atoms with E-state index in [9.17, 15) is 9.50 Å². The molecule has 3 aromatic heterocycles. The molecule has 1 fully saturated rings. The number of fused-ring (bicyclic) bond motifs is 3. The predicted octanol–water partition coefficient (Wildman–Crippen LogP) is 3.08. The molecule has 4 atom stereocenters. The number of aromatic nitrogens is 6. The summed E-state index contributed by atoms with van der Waals surface area (Å²) in [7, 11) is 1.47. The maximum Gasteiger partial charge on any atom is 0.223 e. The first kappa shape index (κ1) is 23.3. The Labute approximate surface area is 202 Å². The summed E-state index contributed by atoms with van der Waals surface area (Å²) in [5.74, 6) is 1.11. The van der Waals surface area contributed by atoms with Crippen LogP contribution in [0.5, 0.6) is 5.75 Å². The van der Waals surface area contributed by atoms with Gasteiger partial charge in [-0.25, -0.2) is 14.4 Å². The molecular formula is C24H31FN8O2. The zero-order chi connectivity index (χ0) is 25.0. The van der Waals surface area contributed by atoms with Gasteiger partial charge in [0.2, 0.25) is 5.95 Å². The third kappa shape index (κ3) is 3.93. The molecule has 0 aliphatic carbocycles. The normalized spacial score (nSPS) is 20.5. The number of hydrogen-bond acceptors (Lipinski definition) is 8. The van der Waals surface area contributed by atoms with Gasteiger partial charge >= 0.3 is 0 Å². The Balaban J connectivity index is 1.53. The largest absolute Gasteiger partial charge is 0.494 e. The van der Waals surface area contributed by atoms with Crippen LogP contribution in [0, 0.1) is 18.7 Å². The molecular weight excluding hydrogens is 451 g/mol. The van der Waals surface area contributed by atoms with E-state index in [0.717, 1.165) is 24.3 Å². The Kier molecular flexibility index (Phi) is 5.74. The van der Waals surface area contributed by atoms with E-state index >= 15 is 0 Å². The minimum absolute atomic E-state index is 0.0421. The number of aliphatic hydroxyl groups is 1. The van der Waals surface area contributed by atoms with Crippen molar-refractivity contribution >= 4 is 28.2 Å². The highest BCUT2D eigenvalue weighted by Gasteiger charge is 2.31. The van der Waals surface area contributed by atoms with E-state index in [0.29, 0.717) is 40.6 Å². The van der Waals surface area contributed by atoms with Crippen LogP contribution in [0.25, 0.3) is 16.6 Å². The minimum atomic E-state index is -0.506. The van der Waals surface area contributed by atoms with Crippen LogP contribution in [0.4, 0.5) is 16.0 Å². The summed E-state index contributed by atoms with van der Waals surface area (Å²) in [6, 6.07) is 2.54. The quantitative estimate of drug-likeness (QED) is 0.445. The average molecular weight is 483 g/mol. The van der Waals surface area contributed by atoms with E-state index < -0.39 is 11.9 Å². The number of methoxy groups -OCH3 is 1. The van der Waals surface area contributed by atoms with Crippen LogP contribution in [0.3, 0.4) is 0 Å². The highest BCUT2D eigenvalue weighted by atomic mass is 19.1. The highest BCUT2D eigenvalue weighted by Crippen LogP contribution is 2.35. The van der Waals surface area contributed by atoms with Crippen molar-refractivity contribution in [2.24, 2.45) is 5.92 Å². The standard InChI is InChI=1S/C24H31FN8O2/c1-12-6-16(11-31(10-12)19-9-27-32(14(19)3)13(2)15(4)34)22-29-23-18-7-17(25)8-20(35-5)21(18)28-24(26)33(23)30-22/h7-9,12-13,15-16,34H,6,10-11H2,1-5H3,(H2,26,28)/t12-,13-,15?,16+/m0/s1. The number of nitrogens with zero attached hydrogens (tertiary/aromatic N) is 7. The first-order valence-corrected chi connectivity index (χ1v) is 11.8. The summed E-state index contributed by atoms with van der Waals surface area (Å²) < 4.78 is 22.9. The average Bonchev–Trinajstić information content (AvgIpc) is 3.43. The second-order valence-corrected chi connectivity index (χ2v) is 9.66. The van der Waals surface area contributed by atoms with Gasteiger partial charge in [-0.15, -0.1) is 5.10 Å². The zero-order valence-corrected chi connectivity index (χ0v) is 20.6. The summed E-state index contributed by atoms with van der Waals surface area (Å²) in [4.78, 5) is 11.5. The maximum atomic E-state index is 14.3. The number of benzene rings is 1. The van der Waals surface area contributed by atoms with Gasteiger partial charge in [0, 0.05) is 25.1 Å². The zero-order valence-electron chi connectivity index (χ0n) is 20.6. The van der Waals surface area contributed by atoms with Gasteiger partial charge in [-0.3, -0.25) is 4.68 Å². The second-order valence-electron chi connectivity index (χ2n) is 9.66. The smallest absolute Gasteiger partial charge is 0.223 e. The maximum absolute atomic E-state index is 14.3. The highest BCUT2D eigenvalue weighted by molar-refractivity contribution is 5.95. The number of halogens is 1. The number of ether oxygens (including phenoxy) is 1. The number of rotatable bonds is 5. The third-order valence-electron chi connectivity index (χ3n) is 7.04. The molecule has 0 amide bonds. The number of piperidine rings is 1. The van der Waals surface area contributed by atoms with E-state index in [1.165, 1.54) is 23.8 Å². The number of anilines is 2. The number of hydrogen-bond donors (Lipinski definition) is 2. The molecule has 0 bridgehead atoms. The van der Waals surface area contributed by atoms with Crippen molar-refractivity contribution in [3.8, 4) is 5.75 Å². The SMILES string of the molecule is COc1cc(F)cc2c1nc(N)n1nc([C@@H]3C[C@H](C)CN(c4cnn([C@@H](C)C(C)O)c4C)C3)nc21. The summed E-state index contributed by atoms with van der Waals surface area (Å²) in [5, 5.41) is 19.8. The minimum Gasteiger partial charge on any atom is -0.494 e. The van der Waals surface area contributed by atoms with E-state index in [1.54, 1.807) is 6.92 Å². The van der Waals surface area contributed by atoms with Crippen LogP contribution in [0.15, 0.2) is 18.3 Å². The molecule has 0 spiro atoms. The van der Waals surface area contributed by atoms with Gasteiger partial charge in [-0.2, -0.15) is 9.61 Å². The van der Waals surface area contributed by atoms with Crippen LogP contribution >= 0.6 is 0 Å². The second kappa shape index (κ2) is 8.63. The van der Waals surface area contributed by atoms with Gasteiger partial charge < -0.3 is 20.5 Å². The topological polar surface area (TPSA) is 120 Å². The lowest BCUT2D eigenvalue weighted by molar-refractivity contribution is 0.131. The van der Waals surface area contributed by atoms with Crippen molar-refractivity contribution in [3.63, 3.8) is 0 Å². The van der Waals surface area contributed by atoms with Gasteiger partial charge in [-0.1, -0.05) is 6.92 Å². The van der Waals surface area contributed by atoms with Crippen molar-refractivity contribution in [3.05, 3.63) is 35.7 Å². The molecule has 0 radical (unpaired) electrons. The van der Waals surface area contributed by atoms with Crippen molar-refractivity contribution in [2.75, 3.05) is 30.8 Å². The summed E-state index contributed by atoms with van der Waals surface area (Å²) in [6.45, 7) is 9.55. The van der Waals surface area contributed by atoms with Crippen LogP contribution < -0.4 is 15.4 Å². The number of aliphatic hydroxyl groups excluding tert-OH is 1. The summed E-state index contributed by atoms with van der Waals surface area (Å²) in [6.07, 6.45) is 2.27. The van der Waals surface area contributed by atoms with Crippen molar-refractivity contribution in [1.82, 2.24) is 29.4 Å². The van der Waals surface area contributed by atoms with Crippen LogP contribution in [0.1, 0.15) is 50.7 Å². The van der Waals surface area contributed by atoms with Crippen LogP contribution in [-0.2, 0) is 0 Å². The van der Waals surface area contributed by atoms with Gasteiger partial charge in [0.05, 0.1) is 42.2 Å². The molecule has 10 nitrogen and oxygen atoms in total. The molecule has 1 aliphatic rings. The fraction of sp³-hybridized carbons (Fsp3) is 0.500. The molecule has 4 aromatic rings. The van der Waals surface area contributed by atoms with E-state index in [2.05, 4.69) is 27.0 Å². The Morgan fingerprint density at radius 2 is 2.00 bits per heavy atom. The lowest BCUT2D eigenvalue weighted by Gasteiger charge is -2.36. The van der Waals surface area contributed by atoms with Gasteiger partial charge in [-0.05, 0) is 39.2 Å². The molecule has 3 N–H and O–H groups in total. The van der Waals surface area contributed by atoms with Crippen molar-refractivity contribution < 1.29 is 14.2 Å². The Bertz CT molecular complexity index is 1400. The van der Waals surface area contributed by atoms with Gasteiger partial charge in [0.1, 0.15) is 17.1 Å². The predicted molar refractivity (Wildman–Crippen MR) is 131 cm³/mol. The molecule has 5 rings (SSSR count). The summed E-state index contributed by atoms with van der Waals surface area (Å²) in [5.41, 5.74) is 9.16. The first-order valence-electron chi connectivity index (χ1n) is 11.8. The molecule has 35 heavy (non-hydrogen) atoms. The first-order chi connectivity index (χ1) is 16.7. The van der Waals surface area contributed by atoms with E-state index in [4.69, 9.17) is 15.5 Å². The third-order valence-corrected chi connectivity index (χ3v) is 7.04.